The molecule has 0 unspecified atom stereocenters. The molecule has 3 aromatic rings. The van der Waals surface area contributed by atoms with Crippen LogP contribution in [-0.4, -0.2) is 63.5 Å². The molecule has 0 aliphatic carbocycles. The van der Waals surface area contributed by atoms with E-state index in [1.54, 1.807) is 23.6 Å². The molecule has 37 heavy (non-hydrogen) atoms. The molecule has 0 saturated carbocycles. The van der Waals surface area contributed by atoms with Crippen molar-refractivity contribution in [2.75, 3.05) is 43.9 Å². The van der Waals surface area contributed by atoms with Crippen molar-refractivity contribution < 1.29 is 4.79 Å². The van der Waals surface area contributed by atoms with Crippen molar-refractivity contribution >= 4 is 28.7 Å². The average molecular weight is 506 g/mol. The Morgan fingerprint density at radius 2 is 1.70 bits per heavy atom. The van der Waals surface area contributed by atoms with Gasteiger partial charge in [-0.25, -0.2) is 0 Å². The van der Waals surface area contributed by atoms with Crippen molar-refractivity contribution in [1.82, 2.24) is 24.3 Å². The van der Waals surface area contributed by atoms with Crippen LogP contribution in [-0.2, 0) is 17.9 Å². The van der Waals surface area contributed by atoms with Gasteiger partial charge in [0.05, 0.1) is 11.4 Å². The minimum absolute atomic E-state index is 0.0261. The molecule has 1 aliphatic heterocycles. The molecule has 1 saturated heterocycles. The van der Waals surface area contributed by atoms with Crippen LogP contribution in [0.15, 0.2) is 41.2 Å². The maximum atomic E-state index is 12.7. The first-order chi connectivity index (χ1) is 17.5. The first kappa shape index (κ1) is 26.6. The van der Waals surface area contributed by atoms with E-state index in [4.69, 9.17) is 4.98 Å². The van der Waals surface area contributed by atoms with Crippen LogP contribution in [0.3, 0.4) is 0 Å². The predicted molar refractivity (Wildman–Crippen MR) is 149 cm³/mol. The summed E-state index contributed by atoms with van der Waals surface area (Å²) in [5.74, 6) is 1.31. The lowest BCUT2D eigenvalue weighted by Crippen LogP contribution is -2.47. The molecule has 3 heterocycles. The fraction of sp³-hybridized carbons (Fsp3) is 0.500. The molecule has 0 spiro atoms. The minimum atomic E-state index is -0.0769. The quantitative estimate of drug-likeness (QED) is 0.505. The van der Waals surface area contributed by atoms with E-state index in [-0.39, 0.29) is 22.9 Å². The fourth-order valence-electron chi connectivity index (χ4n) is 4.72. The second kappa shape index (κ2) is 10.9. The van der Waals surface area contributed by atoms with Crippen molar-refractivity contribution in [3.63, 3.8) is 0 Å². The van der Waals surface area contributed by atoms with E-state index < -0.39 is 0 Å². The van der Waals surface area contributed by atoms with E-state index in [2.05, 4.69) is 72.5 Å². The number of aromatic nitrogens is 3. The number of rotatable bonds is 7. The predicted octanol–water partition coefficient (Wildman–Crippen LogP) is 3.72. The van der Waals surface area contributed by atoms with Crippen molar-refractivity contribution in [1.29, 1.82) is 0 Å². The van der Waals surface area contributed by atoms with Crippen molar-refractivity contribution in [2.24, 2.45) is 5.41 Å². The lowest BCUT2D eigenvalue weighted by atomic mass is 9.97. The molecular formula is C28H39N7O2. The zero-order chi connectivity index (χ0) is 26.7. The highest BCUT2D eigenvalue weighted by molar-refractivity contribution is 5.87. The van der Waals surface area contributed by atoms with Gasteiger partial charge < -0.3 is 15.5 Å². The number of carbonyl (C=O) groups is 1. The zero-order valence-electron chi connectivity index (χ0n) is 22.8. The summed E-state index contributed by atoms with van der Waals surface area (Å²) in [5.41, 5.74) is 2.85. The number of fused-ring (bicyclic) bond motifs is 1. The summed E-state index contributed by atoms with van der Waals surface area (Å²) in [5, 5.41) is 7.40. The Labute approximate surface area is 218 Å². The standard InChI is InChI=1S/C28H39N7O2/c1-19(22-9-7-21(8-10-22)17-33-13-15-34(16-14-33)20(2)36)30-27-31-25(29-6)23-11-12-24(37)35(26(23)32-27)18-28(3,4)5/h7-12,19H,13-18H2,1-6H3,(H2,29,30,31,32)/t19-/m0/s1. The minimum Gasteiger partial charge on any atom is -0.372 e. The summed E-state index contributed by atoms with van der Waals surface area (Å²) in [6, 6.07) is 11.9. The van der Waals surface area contributed by atoms with E-state index in [1.165, 1.54) is 5.56 Å². The van der Waals surface area contributed by atoms with E-state index in [0.717, 1.165) is 43.7 Å². The number of hydrogen-bond donors (Lipinski definition) is 2. The van der Waals surface area contributed by atoms with Gasteiger partial charge in [0.15, 0.2) is 5.65 Å². The Balaban J connectivity index is 1.50. The number of nitrogens with one attached hydrogen (secondary N) is 2. The van der Waals surface area contributed by atoms with Crippen LogP contribution in [0.25, 0.3) is 11.0 Å². The maximum absolute atomic E-state index is 12.7. The molecule has 0 radical (unpaired) electrons. The topological polar surface area (TPSA) is 95.4 Å². The Hall–Kier alpha value is -3.46. The Kier molecular flexibility index (Phi) is 7.82. The maximum Gasteiger partial charge on any atom is 0.252 e. The van der Waals surface area contributed by atoms with Crippen LogP contribution in [0.5, 0.6) is 0 Å². The molecule has 1 aliphatic rings. The highest BCUT2D eigenvalue weighted by Crippen LogP contribution is 2.25. The third-order valence-electron chi connectivity index (χ3n) is 6.76. The van der Waals surface area contributed by atoms with Crippen LogP contribution >= 0.6 is 0 Å². The molecule has 1 atom stereocenters. The molecule has 1 amide bonds. The molecule has 9 heteroatoms. The smallest absolute Gasteiger partial charge is 0.252 e. The molecule has 0 bridgehead atoms. The lowest BCUT2D eigenvalue weighted by molar-refractivity contribution is -0.130. The van der Waals surface area contributed by atoms with Crippen molar-refractivity contribution in [3.05, 3.63) is 57.9 Å². The molecule has 198 valence electrons. The Bertz CT molecular complexity index is 1300. The molecule has 2 aromatic heterocycles. The van der Waals surface area contributed by atoms with Crippen molar-refractivity contribution in [3.8, 4) is 0 Å². The Morgan fingerprint density at radius 1 is 1.03 bits per heavy atom. The van der Waals surface area contributed by atoms with Crippen LogP contribution in [0.1, 0.15) is 51.8 Å². The molecule has 9 nitrogen and oxygen atoms in total. The number of carbonyl (C=O) groups excluding carboxylic acids is 1. The highest BCUT2D eigenvalue weighted by Gasteiger charge is 2.20. The van der Waals surface area contributed by atoms with E-state index >= 15 is 0 Å². The van der Waals surface area contributed by atoms with Crippen LogP contribution in [0.2, 0.25) is 0 Å². The van der Waals surface area contributed by atoms with Gasteiger partial charge in [-0.15, -0.1) is 0 Å². The first-order valence-corrected chi connectivity index (χ1v) is 13.0. The van der Waals surface area contributed by atoms with Gasteiger partial charge in [-0.05, 0) is 29.5 Å². The van der Waals surface area contributed by atoms with Crippen LogP contribution < -0.4 is 16.2 Å². The van der Waals surface area contributed by atoms with Gasteiger partial charge >= 0.3 is 0 Å². The third kappa shape index (κ3) is 6.46. The van der Waals surface area contributed by atoms with E-state index in [0.29, 0.717) is 24.0 Å². The fourth-order valence-corrected chi connectivity index (χ4v) is 4.72. The molecular weight excluding hydrogens is 466 g/mol. The van der Waals surface area contributed by atoms with Gasteiger partial charge in [0, 0.05) is 59.3 Å². The van der Waals surface area contributed by atoms with E-state index in [1.807, 2.05) is 11.9 Å². The van der Waals surface area contributed by atoms with Gasteiger partial charge in [0.25, 0.3) is 5.56 Å². The number of piperazine rings is 1. The molecule has 2 N–H and O–H groups in total. The summed E-state index contributed by atoms with van der Waals surface area (Å²) in [6.45, 7) is 14.8. The summed E-state index contributed by atoms with van der Waals surface area (Å²) in [7, 11) is 1.83. The highest BCUT2D eigenvalue weighted by atomic mass is 16.2. The molecule has 1 fully saturated rings. The number of anilines is 2. The summed E-state index contributed by atoms with van der Waals surface area (Å²) >= 11 is 0. The summed E-state index contributed by atoms with van der Waals surface area (Å²) in [6.07, 6.45) is 0. The first-order valence-electron chi connectivity index (χ1n) is 13.0. The second-order valence-corrected chi connectivity index (χ2v) is 11.1. The number of hydrogen-bond acceptors (Lipinski definition) is 7. The molecule has 4 rings (SSSR count). The molecule has 1 aromatic carbocycles. The van der Waals surface area contributed by atoms with Gasteiger partial charge in [-0.1, -0.05) is 45.0 Å². The normalized spacial score (nSPS) is 15.6. The van der Waals surface area contributed by atoms with Gasteiger partial charge in [-0.3, -0.25) is 19.1 Å². The van der Waals surface area contributed by atoms with Crippen molar-refractivity contribution in [2.45, 2.75) is 53.8 Å². The second-order valence-electron chi connectivity index (χ2n) is 11.1. The largest absolute Gasteiger partial charge is 0.372 e. The third-order valence-corrected chi connectivity index (χ3v) is 6.76. The number of amides is 1. The number of benzene rings is 1. The monoisotopic (exact) mass is 505 g/mol. The summed E-state index contributed by atoms with van der Waals surface area (Å²) < 4.78 is 1.73. The van der Waals surface area contributed by atoms with Gasteiger partial charge in [0.2, 0.25) is 11.9 Å². The van der Waals surface area contributed by atoms with Crippen LogP contribution in [0.4, 0.5) is 11.8 Å². The van der Waals surface area contributed by atoms with Gasteiger partial charge in [0.1, 0.15) is 5.82 Å². The Morgan fingerprint density at radius 3 is 2.30 bits per heavy atom. The SMILES string of the molecule is CNc1nc(N[C@@H](C)c2ccc(CN3CCN(C(C)=O)CC3)cc2)nc2c1ccc(=O)n2CC(C)(C)C. The average Bonchev–Trinajstić information content (AvgIpc) is 2.85. The lowest BCUT2D eigenvalue weighted by Gasteiger charge is -2.34. The summed E-state index contributed by atoms with van der Waals surface area (Å²) in [4.78, 5) is 38.0. The number of pyridine rings is 1. The zero-order valence-corrected chi connectivity index (χ0v) is 22.8. The van der Waals surface area contributed by atoms with E-state index in [9.17, 15) is 9.59 Å². The van der Waals surface area contributed by atoms with Gasteiger partial charge in [-0.2, -0.15) is 9.97 Å². The number of nitrogens with zero attached hydrogens (tertiary/aromatic N) is 5. The van der Waals surface area contributed by atoms with Crippen LogP contribution in [0, 0.1) is 5.41 Å².